The van der Waals surface area contributed by atoms with Crippen LogP contribution in [-0.4, -0.2) is 20.1 Å². The average molecular weight is 262 g/mol. The van der Waals surface area contributed by atoms with Crippen LogP contribution in [0.1, 0.15) is 40.2 Å². The van der Waals surface area contributed by atoms with Crippen molar-refractivity contribution >= 4 is 5.69 Å². The molecule has 0 bridgehead atoms. The third-order valence-electron chi connectivity index (χ3n) is 3.93. The fraction of sp³-hybridized carbons (Fsp3) is 0.647. The third kappa shape index (κ3) is 4.54. The van der Waals surface area contributed by atoms with Crippen molar-refractivity contribution in [1.82, 2.24) is 0 Å². The van der Waals surface area contributed by atoms with Gasteiger partial charge in [0.2, 0.25) is 0 Å². The molecule has 1 aromatic carbocycles. The zero-order valence-corrected chi connectivity index (χ0v) is 13.4. The lowest BCUT2D eigenvalue weighted by Crippen LogP contribution is -2.33. The van der Waals surface area contributed by atoms with Gasteiger partial charge >= 0.3 is 0 Å². The monoisotopic (exact) mass is 262 g/mol. The molecule has 1 atom stereocenters. The molecule has 0 amide bonds. The minimum absolute atomic E-state index is 0.217. The van der Waals surface area contributed by atoms with Crippen LogP contribution in [0.5, 0.6) is 0 Å². The fourth-order valence-corrected chi connectivity index (χ4v) is 2.23. The maximum absolute atomic E-state index is 5.85. The Labute approximate surface area is 119 Å². The van der Waals surface area contributed by atoms with E-state index in [0.29, 0.717) is 11.8 Å². The zero-order chi connectivity index (χ0) is 14.6. The van der Waals surface area contributed by atoms with Gasteiger partial charge in [0.15, 0.2) is 0 Å². The van der Waals surface area contributed by atoms with E-state index >= 15 is 0 Å². The quantitative estimate of drug-likeness (QED) is 0.877. The summed E-state index contributed by atoms with van der Waals surface area (Å²) >= 11 is 0. The van der Waals surface area contributed by atoms with Crippen LogP contribution in [0.3, 0.4) is 0 Å². The third-order valence-corrected chi connectivity index (χ3v) is 3.93. The highest BCUT2D eigenvalue weighted by Gasteiger charge is 2.16. The molecule has 0 aliphatic carbocycles. The van der Waals surface area contributed by atoms with Gasteiger partial charge in [-0.3, -0.25) is 0 Å². The van der Waals surface area contributed by atoms with E-state index < -0.39 is 0 Å². The Hall–Kier alpha value is -1.02. The lowest BCUT2D eigenvalue weighted by molar-refractivity contribution is 0.398. The molecular weight excluding hydrogens is 232 g/mol. The van der Waals surface area contributed by atoms with E-state index in [4.69, 9.17) is 5.73 Å². The van der Waals surface area contributed by atoms with E-state index in [1.165, 1.54) is 11.3 Å². The molecular formula is C17H30N2. The first kappa shape index (κ1) is 16.0. The van der Waals surface area contributed by atoms with Gasteiger partial charge in [-0.15, -0.1) is 0 Å². The molecule has 0 heterocycles. The molecule has 2 nitrogen and oxygen atoms in total. The SMILES string of the molecule is CC(C)C(CN)CN(C)c1ccc(C(C)(C)C)cc1. The van der Waals surface area contributed by atoms with Crippen molar-refractivity contribution in [3.63, 3.8) is 0 Å². The number of benzene rings is 1. The van der Waals surface area contributed by atoms with Gasteiger partial charge in [0.1, 0.15) is 0 Å². The highest BCUT2D eigenvalue weighted by Crippen LogP contribution is 2.25. The molecule has 0 fully saturated rings. The lowest BCUT2D eigenvalue weighted by atomic mass is 9.87. The second-order valence-corrected chi connectivity index (χ2v) is 6.92. The highest BCUT2D eigenvalue weighted by atomic mass is 15.1. The molecule has 0 saturated heterocycles. The normalized spacial score (nSPS) is 13.7. The van der Waals surface area contributed by atoms with Gasteiger partial charge in [0.05, 0.1) is 0 Å². The molecule has 0 aliphatic rings. The molecule has 19 heavy (non-hydrogen) atoms. The van der Waals surface area contributed by atoms with E-state index in [2.05, 4.69) is 70.8 Å². The first-order valence-electron chi connectivity index (χ1n) is 7.27. The van der Waals surface area contributed by atoms with Crippen LogP contribution in [0, 0.1) is 11.8 Å². The van der Waals surface area contributed by atoms with Crippen LogP contribution in [0.15, 0.2) is 24.3 Å². The van der Waals surface area contributed by atoms with Crippen LogP contribution in [0.2, 0.25) is 0 Å². The first-order valence-corrected chi connectivity index (χ1v) is 7.27. The molecule has 0 spiro atoms. The van der Waals surface area contributed by atoms with Gasteiger partial charge in [0, 0.05) is 19.3 Å². The Morgan fingerprint density at radius 1 is 1.11 bits per heavy atom. The number of rotatable bonds is 5. The summed E-state index contributed by atoms with van der Waals surface area (Å²) in [4.78, 5) is 2.31. The van der Waals surface area contributed by atoms with Gasteiger partial charge < -0.3 is 10.6 Å². The van der Waals surface area contributed by atoms with Crippen molar-refractivity contribution in [3.05, 3.63) is 29.8 Å². The molecule has 0 aliphatic heterocycles. The van der Waals surface area contributed by atoms with Gasteiger partial charge in [-0.1, -0.05) is 46.8 Å². The van der Waals surface area contributed by atoms with Crippen molar-refractivity contribution in [1.29, 1.82) is 0 Å². The smallest absolute Gasteiger partial charge is 0.0363 e. The summed E-state index contributed by atoms with van der Waals surface area (Å²) in [6.07, 6.45) is 0. The van der Waals surface area contributed by atoms with Gasteiger partial charge in [-0.05, 0) is 41.5 Å². The van der Waals surface area contributed by atoms with Crippen LogP contribution in [0.4, 0.5) is 5.69 Å². The van der Waals surface area contributed by atoms with Crippen molar-refractivity contribution in [3.8, 4) is 0 Å². The second kappa shape index (κ2) is 6.42. The molecule has 0 radical (unpaired) electrons. The van der Waals surface area contributed by atoms with Crippen molar-refractivity contribution in [2.75, 3.05) is 25.0 Å². The molecule has 108 valence electrons. The van der Waals surface area contributed by atoms with Crippen LogP contribution in [0.25, 0.3) is 0 Å². The summed E-state index contributed by atoms with van der Waals surface area (Å²) in [5, 5.41) is 0. The Kier molecular flexibility index (Phi) is 5.42. The van der Waals surface area contributed by atoms with Gasteiger partial charge in [0.25, 0.3) is 0 Å². The van der Waals surface area contributed by atoms with Crippen molar-refractivity contribution in [2.24, 2.45) is 17.6 Å². The zero-order valence-electron chi connectivity index (χ0n) is 13.4. The maximum Gasteiger partial charge on any atom is 0.0363 e. The summed E-state index contributed by atoms with van der Waals surface area (Å²) in [7, 11) is 2.15. The van der Waals surface area contributed by atoms with E-state index in [0.717, 1.165) is 13.1 Å². The van der Waals surface area contributed by atoms with E-state index in [1.807, 2.05) is 0 Å². The predicted molar refractivity (Wildman–Crippen MR) is 85.8 cm³/mol. The molecule has 1 rings (SSSR count). The summed E-state index contributed by atoms with van der Waals surface area (Å²) in [5.41, 5.74) is 8.72. The minimum atomic E-state index is 0.217. The molecule has 0 aromatic heterocycles. The van der Waals surface area contributed by atoms with Gasteiger partial charge in [-0.2, -0.15) is 0 Å². The molecule has 1 unspecified atom stereocenters. The van der Waals surface area contributed by atoms with Crippen molar-refractivity contribution in [2.45, 2.75) is 40.0 Å². The number of nitrogens with zero attached hydrogens (tertiary/aromatic N) is 1. The Morgan fingerprint density at radius 3 is 2.00 bits per heavy atom. The van der Waals surface area contributed by atoms with E-state index in [-0.39, 0.29) is 5.41 Å². The Morgan fingerprint density at radius 2 is 1.63 bits per heavy atom. The average Bonchev–Trinajstić information content (AvgIpc) is 2.34. The number of nitrogens with two attached hydrogens (primary N) is 1. The Bertz CT molecular complexity index is 373. The number of hydrogen-bond donors (Lipinski definition) is 1. The second-order valence-electron chi connectivity index (χ2n) is 6.92. The lowest BCUT2D eigenvalue weighted by Gasteiger charge is -2.28. The standard InChI is InChI=1S/C17H30N2/c1-13(2)14(11-18)12-19(6)16-9-7-15(8-10-16)17(3,4)5/h7-10,13-14H,11-12,18H2,1-6H3. The summed E-state index contributed by atoms with van der Waals surface area (Å²) in [5.74, 6) is 1.17. The van der Waals surface area contributed by atoms with Crippen LogP contribution >= 0.6 is 0 Å². The minimum Gasteiger partial charge on any atom is -0.374 e. The number of hydrogen-bond acceptors (Lipinski definition) is 2. The van der Waals surface area contributed by atoms with Crippen LogP contribution in [-0.2, 0) is 5.41 Å². The van der Waals surface area contributed by atoms with E-state index in [9.17, 15) is 0 Å². The summed E-state index contributed by atoms with van der Waals surface area (Å²) in [6.45, 7) is 13.0. The summed E-state index contributed by atoms with van der Waals surface area (Å²) in [6, 6.07) is 8.90. The fourth-order valence-electron chi connectivity index (χ4n) is 2.23. The molecule has 1 aromatic rings. The topological polar surface area (TPSA) is 29.3 Å². The van der Waals surface area contributed by atoms with E-state index in [1.54, 1.807) is 0 Å². The summed E-state index contributed by atoms with van der Waals surface area (Å²) < 4.78 is 0. The molecule has 2 N–H and O–H groups in total. The van der Waals surface area contributed by atoms with Crippen molar-refractivity contribution < 1.29 is 0 Å². The van der Waals surface area contributed by atoms with Gasteiger partial charge in [-0.25, -0.2) is 0 Å². The maximum atomic E-state index is 5.85. The highest BCUT2D eigenvalue weighted by molar-refractivity contribution is 5.47. The number of anilines is 1. The largest absolute Gasteiger partial charge is 0.374 e. The molecule has 0 saturated carbocycles. The predicted octanol–water partition coefficient (Wildman–Crippen LogP) is 3.65. The first-order chi connectivity index (χ1) is 8.75. The molecule has 2 heteroatoms. The van der Waals surface area contributed by atoms with Crippen LogP contribution < -0.4 is 10.6 Å². The Balaban J connectivity index is 2.75.